The fourth-order valence-electron chi connectivity index (χ4n) is 1.51. The molecule has 1 aromatic carbocycles. The summed E-state index contributed by atoms with van der Waals surface area (Å²) in [6.45, 7) is 3.65. The number of unbranched alkanes of at least 4 members (excludes halogenated alkanes) is 3. The lowest BCUT2D eigenvalue weighted by molar-refractivity contribution is 0.287. The van der Waals surface area contributed by atoms with E-state index in [1.54, 1.807) is 0 Å². The highest BCUT2D eigenvalue weighted by Crippen LogP contribution is 2.00. The lowest BCUT2D eigenvalue weighted by Crippen LogP contribution is -2.23. The van der Waals surface area contributed by atoms with E-state index in [0.717, 1.165) is 19.6 Å². The molecule has 0 bridgehead atoms. The smallest absolute Gasteiger partial charge is 0.256 e. The van der Waals surface area contributed by atoms with Crippen LogP contribution in [0.4, 0.5) is 0 Å². The van der Waals surface area contributed by atoms with Gasteiger partial charge in [0.15, 0.2) is 0 Å². The van der Waals surface area contributed by atoms with Crippen molar-refractivity contribution in [3.63, 3.8) is 0 Å². The predicted octanol–water partition coefficient (Wildman–Crippen LogP) is 3.66. The molecular weight excluding hydrogens is 230 g/mol. The Morgan fingerprint density at radius 3 is 2.65 bits per heavy atom. The number of ether oxygens (including phenoxy) is 1. The predicted molar refractivity (Wildman–Crippen MR) is 76.0 cm³/mol. The first-order chi connectivity index (χ1) is 8.33. The van der Waals surface area contributed by atoms with Gasteiger partial charge in [0, 0.05) is 6.54 Å². The largest absolute Gasteiger partial charge is 0.471 e. The Labute approximate surface area is 109 Å². The van der Waals surface area contributed by atoms with Crippen LogP contribution in [-0.4, -0.2) is 11.8 Å². The molecule has 0 heterocycles. The van der Waals surface area contributed by atoms with Crippen molar-refractivity contribution in [3.8, 4) is 0 Å². The number of benzene rings is 1. The van der Waals surface area contributed by atoms with E-state index in [1.165, 1.54) is 24.8 Å². The Balaban J connectivity index is 2.05. The second kappa shape index (κ2) is 8.99. The van der Waals surface area contributed by atoms with Crippen LogP contribution in [0.5, 0.6) is 0 Å². The molecule has 0 aliphatic rings. The molecule has 1 N–H and O–H groups in total. The second-order valence-corrected chi connectivity index (χ2v) is 4.41. The maximum absolute atomic E-state index is 5.43. The Bertz CT molecular complexity index is 313. The van der Waals surface area contributed by atoms with Gasteiger partial charge in [-0.2, -0.15) is 0 Å². The monoisotopic (exact) mass is 251 g/mol. The molecule has 0 aromatic heterocycles. The maximum atomic E-state index is 5.43. The van der Waals surface area contributed by atoms with Gasteiger partial charge in [0.1, 0.15) is 0 Å². The quantitative estimate of drug-likeness (QED) is 0.590. The highest BCUT2D eigenvalue weighted by atomic mass is 32.1. The highest BCUT2D eigenvalue weighted by molar-refractivity contribution is 7.80. The fourth-order valence-corrected chi connectivity index (χ4v) is 1.67. The minimum atomic E-state index is 0.505. The molecular formula is C14H21NOS. The van der Waals surface area contributed by atoms with Gasteiger partial charge in [-0.05, 0) is 24.2 Å². The van der Waals surface area contributed by atoms with Crippen LogP contribution in [0.3, 0.4) is 0 Å². The van der Waals surface area contributed by atoms with E-state index in [1.807, 2.05) is 18.2 Å². The van der Waals surface area contributed by atoms with Crippen LogP contribution in [0.25, 0.3) is 0 Å². The number of rotatable bonds is 7. The molecule has 94 valence electrons. The number of hydrogen-bond donors (Lipinski definition) is 1. The molecule has 2 nitrogen and oxygen atoms in total. The maximum Gasteiger partial charge on any atom is 0.256 e. The molecule has 0 radical (unpaired) electrons. The molecule has 0 saturated heterocycles. The zero-order valence-corrected chi connectivity index (χ0v) is 11.3. The lowest BCUT2D eigenvalue weighted by Gasteiger charge is -2.09. The molecule has 17 heavy (non-hydrogen) atoms. The average Bonchev–Trinajstić information content (AvgIpc) is 2.37. The van der Waals surface area contributed by atoms with Crippen LogP contribution < -0.4 is 5.32 Å². The van der Waals surface area contributed by atoms with E-state index in [2.05, 4.69) is 24.4 Å². The van der Waals surface area contributed by atoms with Crippen LogP contribution in [0.2, 0.25) is 0 Å². The zero-order chi connectivity index (χ0) is 12.3. The summed E-state index contributed by atoms with van der Waals surface area (Å²) in [5.74, 6) is 0. The molecule has 0 spiro atoms. The molecule has 0 aliphatic heterocycles. The molecule has 3 heteroatoms. The van der Waals surface area contributed by atoms with E-state index < -0.39 is 0 Å². The molecule has 1 aromatic rings. The highest BCUT2D eigenvalue weighted by Gasteiger charge is 1.97. The third kappa shape index (κ3) is 6.95. The van der Waals surface area contributed by atoms with Gasteiger partial charge in [0.2, 0.25) is 0 Å². The van der Waals surface area contributed by atoms with E-state index in [-0.39, 0.29) is 0 Å². The Morgan fingerprint density at radius 1 is 1.18 bits per heavy atom. The first-order valence-electron chi connectivity index (χ1n) is 6.27. The second-order valence-electron chi connectivity index (χ2n) is 4.04. The summed E-state index contributed by atoms with van der Waals surface area (Å²) < 4.78 is 5.43. The van der Waals surface area contributed by atoms with Gasteiger partial charge >= 0.3 is 0 Å². The summed E-state index contributed by atoms with van der Waals surface area (Å²) in [6.07, 6.45) is 4.82. The lowest BCUT2D eigenvalue weighted by atomic mass is 10.2. The molecule has 0 atom stereocenters. The first-order valence-corrected chi connectivity index (χ1v) is 6.68. The summed E-state index contributed by atoms with van der Waals surface area (Å²) in [5, 5.41) is 3.60. The minimum Gasteiger partial charge on any atom is -0.471 e. The van der Waals surface area contributed by atoms with Gasteiger partial charge in [0.25, 0.3) is 5.17 Å². The summed E-state index contributed by atoms with van der Waals surface area (Å²) in [4.78, 5) is 0. The van der Waals surface area contributed by atoms with Gasteiger partial charge in [0.05, 0.1) is 6.61 Å². The van der Waals surface area contributed by atoms with Crippen molar-refractivity contribution in [2.24, 2.45) is 0 Å². The fraction of sp³-hybridized carbons (Fsp3) is 0.500. The van der Waals surface area contributed by atoms with Gasteiger partial charge < -0.3 is 10.1 Å². The Kier molecular flexibility index (Phi) is 7.39. The molecule has 0 unspecified atom stereocenters. The third-order valence-electron chi connectivity index (χ3n) is 2.51. The van der Waals surface area contributed by atoms with Crippen LogP contribution in [0.15, 0.2) is 30.3 Å². The normalized spacial score (nSPS) is 9.94. The van der Waals surface area contributed by atoms with Gasteiger partial charge in [-0.15, -0.1) is 0 Å². The van der Waals surface area contributed by atoms with Gasteiger partial charge in [-0.3, -0.25) is 0 Å². The van der Waals surface area contributed by atoms with Crippen LogP contribution >= 0.6 is 12.2 Å². The summed E-state index contributed by atoms with van der Waals surface area (Å²) >= 11 is 5.10. The van der Waals surface area contributed by atoms with E-state index in [4.69, 9.17) is 17.0 Å². The molecule has 0 saturated carbocycles. The first kappa shape index (κ1) is 14.0. The van der Waals surface area contributed by atoms with Crippen LogP contribution in [0, 0.1) is 0 Å². The average molecular weight is 251 g/mol. The molecule has 1 rings (SSSR count). The van der Waals surface area contributed by atoms with Gasteiger partial charge in [-0.25, -0.2) is 0 Å². The SMILES string of the molecule is CCCCCCOC(=S)NCc1ccccc1. The number of thiocarbonyl (C=S) groups is 1. The van der Waals surface area contributed by atoms with Crippen molar-refractivity contribution in [3.05, 3.63) is 35.9 Å². The van der Waals surface area contributed by atoms with Crippen LogP contribution in [-0.2, 0) is 11.3 Å². The van der Waals surface area contributed by atoms with E-state index in [9.17, 15) is 0 Å². The molecule has 0 amide bonds. The van der Waals surface area contributed by atoms with Crippen molar-refractivity contribution < 1.29 is 4.74 Å². The molecule has 0 aliphatic carbocycles. The Morgan fingerprint density at radius 2 is 1.94 bits per heavy atom. The molecule has 0 fully saturated rings. The van der Waals surface area contributed by atoms with E-state index in [0.29, 0.717) is 5.17 Å². The third-order valence-corrected chi connectivity index (χ3v) is 2.77. The summed E-state index contributed by atoms with van der Waals surface area (Å²) in [6, 6.07) is 10.2. The topological polar surface area (TPSA) is 21.3 Å². The summed E-state index contributed by atoms with van der Waals surface area (Å²) in [7, 11) is 0. The van der Waals surface area contributed by atoms with E-state index >= 15 is 0 Å². The van der Waals surface area contributed by atoms with Crippen LogP contribution in [0.1, 0.15) is 38.2 Å². The minimum absolute atomic E-state index is 0.505. The Hall–Kier alpha value is -1.09. The van der Waals surface area contributed by atoms with Gasteiger partial charge in [-0.1, -0.05) is 56.5 Å². The van der Waals surface area contributed by atoms with Crippen molar-refractivity contribution in [1.82, 2.24) is 5.32 Å². The number of nitrogens with one attached hydrogen (secondary N) is 1. The van der Waals surface area contributed by atoms with Crippen molar-refractivity contribution >= 4 is 17.4 Å². The zero-order valence-electron chi connectivity index (χ0n) is 10.4. The number of hydrogen-bond acceptors (Lipinski definition) is 2. The summed E-state index contributed by atoms with van der Waals surface area (Å²) in [5.41, 5.74) is 1.21. The standard InChI is InChI=1S/C14H21NOS/c1-2-3-4-8-11-16-14(17)15-12-13-9-6-5-7-10-13/h5-7,9-10H,2-4,8,11-12H2,1H3,(H,15,17). The van der Waals surface area contributed by atoms with Crippen molar-refractivity contribution in [2.45, 2.75) is 39.2 Å². The van der Waals surface area contributed by atoms with Crippen molar-refractivity contribution in [1.29, 1.82) is 0 Å². The van der Waals surface area contributed by atoms with Crippen molar-refractivity contribution in [2.75, 3.05) is 6.61 Å².